The average molecular weight is 265 g/mol. The summed E-state index contributed by atoms with van der Waals surface area (Å²) in [7, 11) is 0. The van der Waals surface area contributed by atoms with Gasteiger partial charge in [-0.05, 0) is 12.5 Å². The third-order valence-electron chi connectivity index (χ3n) is 2.31. The number of imidazole rings is 1. The summed E-state index contributed by atoms with van der Waals surface area (Å²) in [5, 5.41) is 0.813. The van der Waals surface area contributed by atoms with Gasteiger partial charge in [-0.3, -0.25) is 0 Å². The molecule has 15 heavy (non-hydrogen) atoms. The summed E-state index contributed by atoms with van der Waals surface area (Å²) in [4.78, 5) is 4.26. The van der Waals surface area contributed by atoms with Gasteiger partial charge in [0.15, 0.2) is 0 Å². The van der Waals surface area contributed by atoms with Crippen molar-refractivity contribution in [1.29, 1.82) is 0 Å². The molecule has 2 aromatic rings. The Morgan fingerprint density at radius 3 is 2.60 bits per heavy atom. The van der Waals surface area contributed by atoms with Crippen LogP contribution >= 0.6 is 15.9 Å². The first kappa shape index (κ1) is 10.4. The van der Waals surface area contributed by atoms with E-state index >= 15 is 0 Å². The van der Waals surface area contributed by atoms with Crippen LogP contribution in [0, 0.1) is 6.92 Å². The van der Waals surface area contributed by atoms with E-state index in [2.05, 4.69) is 62.9 Å². The van der Waals surface area contributed by atoms with Crippen molar-refractivity contribution in [2.45, 2.75) is 18.8 Å². The van der Waals surface area contributed by atoms with Crippen LogP contribution in [0.5, 0.6) is 0 Å². The van der Waals surface area contributed by atoms with Crippen molar-refractivity contribution in [3.63, 3.8) is 0 Å². The van der Waals surface area contributed by atoms with Crippen LogP contribution in [0.25, 0.3) is 0 Å². The Bertz CT molecular complexity index is 431. The van der Waals surface area contributed by atoms with Gasteiger partial charge in [0.25, 0.3) is 0 Å². The maximum absolute atomic E-state index is 4.26. The molecule has 0 atom stereocenters. The molecule has 0 bridgehead atoms. The molecule has 0 radical (unpaired) electrons. The van der Waals surface area contributed by atoms with Gasteiger partial charge in [0.1, 0.15) is 0 Å². The highest BCUT2D eigenvalue weighted by molar-refractivity contribution is 9.08. The summed E-state index contributed by atoms with van der Waals surface area (Å²) < 4.78 is 2.10. The highest BCUT2D eigenvalue weighted by atomic mass is 79.9. The van der Waals surface area contributed by atoms with Gasteiger partial charge in [-0.25, -0.2) is 4.98 Å². The molecule has 1 heterocycles. The van der Waals surface area contributed by atoms with Gasteiger partial charge < -0.3 is 4.57 Å². The van der Waals surface area contributed by atoms with Crippen molar-refractivity contribution >= 4 is 15.9 Å². The second-order valence-electron chi connectivity index (χ2n) is 3.66. The van der Waals surface area contributed by atoms with Crippen molar-refractivity contribution in [2.24, 2.45) is 0 Å². The lowest BCUT2D eigenvalue weighted by Gasteiger charge is -2.02. The van der Waals surface area contributed by atoms with E-state index in [0.717, 1.165) is 17.6 Å². The van der Waals surface area contributed by atoms with Crippen molar-refractivity contribution < 1.29 is 0 Å². The standard InChI is InChI=1S/C12H13BrN2/c1-10-2-4-11(5-3-10)7-15-8-12(6-13)14-9-15/h2-5,8-9H,6-7H2,1H3. The molecule has 2 rings (SSSR count). The molecule has 78 valence electrons. The van der Waals surface area contributed by atoms with E-state index < -0.39 is 0 Å². The number of nitrogens with zero attached hydrogens (tertiary/aromatic N) is 2. The zero-order valence-electron chi connectivity index (χ0n) is 8.65. The smallest absolute Gasteiger partial charge is 0.0952 e. The molecule has 0 aliphatic rings. The molecule has 0 aliphatic carbocycles. The summed E-state index contributed by atoms with van der Waals surface area (Å²) in [6.45, 7) is 2.99. The van der Waals surface area contributed by atoms with Gasteiger partial charge in [-0.1, -0.05) is 45.8 Å². The summed E-state index contributed by atoms with van der Waals surface area (Å²) in [5.74, 6) is 0. The molecule has 0 spiro atoms. The van der Waals surface area contributed by atoms with Gasteiger partial charge in [-0.15, -0.1) is 0 Å². The minimum atomic E-state index is 0.813. The van der Waals surface area contributed by atoms with Gasteiger partial charge in [0.2, 0.25) is 0 Å². The molecular weight excluding hydrogens is 252 g/mol. The molecule has 0 aliphatic heterocycles. The number of alkyl halides is 1. The second kappa shape index (κ2) is 4.62. The largest absolute Gasteiger partial charge is 0.333 e. The molecule has 1 aromatic carbocycles. The maximum Gasteiger partial charge on any atom is 0.0952 e. The minimum Gasteiger partial charge on any atom is -0.333 e. The fraction of sp³-hybridized carbons (Fsp3) is 0.250. The van der Waals surface area contributed by atoms with E-state index in [-0.39, 0.29) is 0 Å². The maximum atomic E-state index is 4.26. The van der Waals surface area contributed by atoms with E-state index in [1.165, 1.54) is 11.1 Å². The first-order valence-electron chi connectivity index (χ1n) is 4.90. The molecule has 0 unspecified atom stereocenters. The van der Waals surface area contributed by atoms with E-state index in [1.54, 1.807) is 0 Å². The molecular formula is C12H13BrN2. The van der Waals surface area contributed by atoms with E-state index in [9.17, 15) is 0 Å². The quantitative estimate of drug-likeness (QED) is 0.779. The number of aromatic nitrogens is 2. The monoisotopic (exact) mass is 264 g/mol. The lowest BCUT2D eigenvalue weighted by Crippen LogP contribution is -1.95. The number of aryl methyl sites for hydroxylation is 1. The molecule has 0 saturated heterocycles. The van der Waals surface area contributed by atoms with Gasteiger partial charge in [0.05, 0.1) is 12.0 Å². The highest BCUT2D eigenvalue weighted by Gasteiger charge is 1.98. The van der Waals surface area contributed by atoms with Crippen LogP contribution < -0.4 is 0 Å². The minimum absolute atomic E-state index is 0.813. The molecule has 2 nitrogen and oxygen atoms in total. The van der Waals surface area contributed by atoms with Crippen molar-refractivity contribution in [3.05, 3.63) is 53.6 Å². The second-order valence-corrected chi connectivity index (χ2v) is 4.22. The van der Waals surface area contributed by atoms with Crippen LogP contribution in [0.15, 0.2) is 36.8 Å². The lowest BCUT2D eigenvalue weighted by molar-refractivity contribution is 0.796. The fourth-order valence-corrected chi connectivity index (χ4v) is 1.76. The Morgan fingerprint density at radius 2 is 2.00 bits per heavy atom. The summed E-state index contributed by atoms with van der Waals surface area (Å²) in [6.07, 6.45) is 3.94. The molecule has 3 heteroatoms. The molecule has 0 saturated carbocycles. The Morgan fingerprint density at radius 1 is 1.27 bits per heavy atom. The number of hydrogen-bond donors (Lipinski definition) is 0. The van der Waals surface area contributed by atoms with E-state index in [1.807, 2.05) is 6.33 Å². The number of benzene rings is 1. The predicted octanol–water partition coefficient (Wildman–Crippen LogP) is 3.13. The normalized spacial score (nSPS) is 10.5. The third-order valence-corrected chi connectivity index (χ3v) is 2.88. The molecule has 0 fully saturated rings. The highest BCUT2D eigenvalue weighted by Crippen LogP contribution is 2.07. The molecule has 1 aromatic heterocycles. The zero-order valence-corrected chi connectivity index (χ0v) is 10.2. The predicted molar refractivity (Wildman–Crippen MR) is 65.1 cm³/mol. The Hall–Kier alpha value is -1.09. The zero-order chi connectivity index (χ0) is 10.7. The lowest BCUT2D eigenvalue weighted by atomic mass is 10.1. The van der Waals surface area contributed by atoms with Crippen LogP contribution in [0.4, 0.5) is 0 Å². The third kappa shape index (κ3) is 2.69. The molecule has 0 amide bonds. The summed E-state index contributed by atoms with van der Waals surface area (Å²) in [5.41, 5.74) is 3.67. The fourth-order valence-electron chi connectivity index (χ4n) is 1.47. The Kier molecular flexibility index (Phi) is 3.21. The number of rotatable bonds is 3. The van der Waals surface area contributed by atoms with Crippen LogP contribution in [0.3, 0.4) is 0 Å². The van der Waals surface area contributed by atoms with Gasteiger partial charge in [0, 0.05) is 18.1 Å². The van der Waals surface area contributed by atoms with Crippen LogP contribution in [-0.4, -0.2) is 9.55 Å². The Balaban J connectivity index is 2.11. The SMILES string of the molecule is Cc1ccc(Cn2cnc(CBr)c2)cc1. The Labute approximate surface area is 98.1 Å². The summed E-state index contributed by atoms with van der Waals surface area (Å²) >= 11 is 3.39. The topological polar surface area (TPSA) is 17.8 Å². The van der Waals surface area contributed by atoms with E-state index in [0.29, 0.717) is 0 Å². The number of hydrogen-bond acceptors (Lipinski definition) is 1. The van der Waals surface area contributed by atoms with Crippen LogP contribution in [0.1, 0.15) is 16.8 Å². The summed E-state index contributed by atoms with van der Waals surface area (Å²) in [6, 6.07) is 8.58. The van der Waals surface area contributed by atoms with Gasteiger partial charge >= 0.3 is 0 Å². The number of halogens is 1. The average Bonchev–Trinajstić information content (AvgIpc) is 2.69. The molecule has 0 N–H and O–H groups in total. The van der Waals surface area contributed by atoms with E-state index in [4.69, 9.17) is 0 Å². The first-order valence-corrected chi connectivity index (χ1v) is 6.02. The van der Waals surface area contributed by atoms with Crippen molar-refractivity contribution in [1.82, 2.24) is 9.55 Å². The van der Waals surface area contributed by atoms with Crippen molar-refractivity contribution in [2.75, 3.05) is 0 Å². The van der Waals surface area contributed by atoms with Crippen LogP contribution in [-0.2, 0) is 11.9 Å². The van der Waals surface area contributed by atoms with Crippen molar-refractivity contribution in [3.8, 4) is 0 Å². The first-order chi connectivity index (χ1) is 7.28. The van der Waals surface area contributed by atoms with Crippen LogP contribution in [0.2, 0.25) is 0 Å². The van der Waals surface area contributed by atoms with Gasteiger partial charge in [-0.2, -0.15) is 0 Å².